The van der Waals surface area contributed by atoms with Gasteiger partial charge in [0.05, 0.1) is 10.6 Å². The second-order valence-electron chi connectivity index (χ2n) is 4.83. The summed E-state index contributed by atoms with van der Waals surface area (Å²) in [7, 11) is 3.86. The van der Waals surface area contributed by atoms with Crippen molar-refractivity contribution in [2.75, 3.05) is 14.2 Å². The number of methoxy groups -OCH3 is 1. The maximum absolute atomic E-state index is 6.15. The highest BCUT2D eigenvalue weighted by Gasteiger charge is 2.38. The standard InChI is InChI=1S/C13H20ClNOS/c1-15-10(8-12-11(14)4-7-17-12)9-13(16-2)5-3-6-13/h4,7,10,15H,3,5-6,8-9H2,1-2H3. The minimum atomic E-state index is 0.122. The van der Waals surface area contributed by atoms with Crippen molar-refractivity contribution in [1.29, 1.82) is 0 Å². The average molecular weight is 274 g/mol. The van der Waals surface area contributed by atoms with Crippen LogP contribution in [0.1, 0.15) is 30.6 Å². The van der Waals surface area contributed by atoms with Crippen molar-refractivity contribution in [2.45, 2.75) is 43.7 Å². The van der Waals surface area contributed by atoms with Gasteiger partial charge in [0, 0.05) is 18.0 Å². The molecule has 2 rings (SSSR count). The lowest BCUT2D eigenvalue weighted by molar-refractivity contribution is -0.0830. The Balaban J connectivity index is 1.95. The molecule has 1 aliphatic carbocycles. The first kappa shape index (κ1) is 13.3. The molecule has 0 aliphatic heterocycles. The molecule has 1 aromatic heterocycles. The van der Waals surface area contributed by atoms with E-state index in [2.05, 4.69) is 10.7 Å². The van der Waals surface area contributed by atoms with Crippen molar-refractivity contribution in [3.8, 4) is 0 Å². The molecule has 0 saturated heterocycles. The van der Waals surface area contributed by atoms with Gasteiger partial charge in [0.2, 0.25) is 0 Å². The Bertz CT molecular complexity index is 357. The monoisotopic (exact) mass is 273 g/mol. The highest BCUT2D eigenvalue weighted by atomic mass is 35.5. The molecule has 1 aliphatic rings. The van der Waals surface area contributed by atoms with Gasteiger partial charge >= 0.3 is 0 Å². The van der Waals surface area contributed by atoms with Gasteiger partial charge in [0.15, 0.2) is 0 Å². The predicted octanol–water partition coefficient (Wildman–Crippen LogP) is 3.49. The van der Waals surface area contributed by atoms with Gasteiger partial charge in [-0.15, -0.1) is 11.3 Å². The predicted molar refractivity (Wildman–Crippen MR) is 74.1 cm³/mol. The van der Waals surface area contributed by atoms with Gasteiger partial charge in [0.1, 0.15) is 0 Å². The van der Waals surface area contributed by atoms with E-state index in [9.17, 15) is 0 Å². The zero-order valence-corrected chi connectivity index (χ0v) is 12.0. The van der Waals surface area contributed by atoms with Crippen LogP contribution in [0.15, 0.2) is 11.4 Å². The second kappa shape index (κ2) is 5.70. The molecule has 0 aromatic carbocycles. The minimum absolute atomic E-state index is 0.122. The summed E-state index contributed by atoms with van der Waals surface area (Å²) in [5.74, 6) is 0. The maximum Gasteiger partial charge on any atom is 0.0693 e. The number of likely N-dealkylation sites (N-methyl/N-ethyl adjacent to an activating group) is 1. The molecule has 17 heavy (non-hydrogen) atoms. The number of ether oxygens (including phenoxy) is 1. The summed E-state index contributed by atoms with van der Waals surface area (Å²) in [5, 5.41) is 6.35. The van der Waals surface area contributed by atoms with Crippen LogP contribution in [0, 0.1) is 0 Å². The Morgan fingerprint density at radius 2 is 2.35 bits per heavy atom. The van der Waals surface area contributed by atoms with E-state index >= 15 is 0 Å². The highest BCUT2D eigenvalue weighted by molar-refractivity contribution is 7.10. The van der Waals surface area contributed by atoms with Crippen molar-refractivity contribution in [3.05, 3.63) is 21.3 Å². The van der Waals surface area contributed by atoms with Gasteiger partial charge in [-0.1, -0.05) is 11.6 Å². The van der Waals surface area contributed by atoms with E-state index < -0.39 is 0 Å². The molecule has 1 heterocycles. The van der Waals surface area contributed by atoms with Gasteiger partial charge in [-0.05, 0) is 50.6 Å². The lowest BCUT2D eigenvalue weighted by atomic mass is 9.75. The molecule has 0 radical (unpaired) electrons. The lowest BCUT2D eigenvalue weighted by Crippen LogP contribution is -2.45. The zero-order valence-electron chi connectivity index (χ0n) is 10.5. The van der Waals surface area contributed by atoms with E-state index in [1.807, 2.05) is 20.2 Å². The van der Waals surface area contributed by atoms with Gasteiger partial charge in [0.25, 0.3) is 0 Å². The smallest absolute Gasteiger partial charge is 0.0693 e. The summed E-state index contributed by atoms with van der Waals surface area (Å²) in [6.07, 6.45) is 5.76. The number of halogens is 1. The Morgan fingerprint density at radius 1 is 1.59 bits per heavy atom. The van der Waals surface area contributed by atoms with Crippen LogP contribution in [0.5, 0.6) is 0 Å². The SMILES string of the molecule is CNC(Cc1sccc1Cl)CC1(OC)CCC1. The van der Waals surface area contributed by atoms with Crippen LogP contribution < -0.4 is 5.32 Å². The summed E-state index contributed by atoms with van der Waals surface area (Å²) in [5.41, 5.74) is 0.122. The first-order chi connectivity index (χ1) is 8.19. The van der Waals surface area contributed by atoms with Gasteiger partial charge in [-0.3, -0.25) is 0 Å². The first-order valence-corrected chi connectivity index (χ1v) is 7.39. The quantitative estimate of drug-likeness (QED) is 0.857. The van der Waals surface area contributed by atoms with Crippen molar-refractivity contribution in [2.24, 2.45) is 0 Å². The van der Waals surface area contributed by atoms with Crippen molar-refractivity contribution >= 4 is 22.9 Å². The molecule has 1 atom stereocenters. The van der Waals surface area contributed by atoms with Crippen LogP contribution >= 0.6 is 22.9 Å². The van der Waals surface area contributed by atoms with Crippen LogP contribution in [-0.4, -0.2) is 25.8 Å². The number of hydrogen-bond acceptors (Lipinski definition) is 3. The number of thiophene rings is 1. The number of rotatable bonds is 6. The van der Waals surface area contributed by atoms with Gasteiger partial charge in [-0.2, -0.15) is 0 Å². The van der Waals surface area contributed by atoms with E-state index in [-0.39, 0.29) is 5.60 Å². The van der Waals surface area contributed by atoms with E-state index in [0.717, 1.165) is 17.9 Å². The molecule has 1 unspecified atom stereocenters. The van der Waals surface area contributed by atoms with Crippen LogP contribution in [0.25, 0.3) is 0 Å². The summed E-state index contributed by atoms with van der Waals surface area (Å²) in [6, 6.07) is 2.43. The third kappa shape index (κ3) is 3.02. The molecule has 2 nitrogen and oxygen atoms in total. The Morgan fingerprint density at radius 3 is 2.76 bits per heavy atom. The van der Waals surface area contributed by atoms with E-state index in [0.29, 0.717) is 6.04 Å². The van der Waals surface area contributed by atoms with Gasteiger partial charge < -0.3 is 10.1 Å². The number of hydrogen-bond donors (Lipinski definition) is 1. The molecule has 96 valence electrons. The third-order valence-corrected chi connectivity index (χ3v) is 5.26. The first-order valence-electron chi connectivity index (χ1n) is 6.13. The summed E-state index contributed by atoms with van der Waals surface area (Å²) in [6.45, 7) is 0. The lowest BCUT2D eigenvalue weighted by Gasteiger charge is -2.42. The average Bonchev–Trinajstić information content (AvgIpc) is 2.68. The molecule has 1 aromatic rings. The second-order valence-corrected chi connectivity index (χ2v) is 6.23. The fourth-order valence-corrected chi connectivity index (χ4v) is 3.68. The summed E-state index contributed by atoms with van der Waals surface area (Å²) >= 11 is 7.88. The van der Waals surface area contributed by atoms with E-state index in [4.69, 9.17) is 16.3 Å². The van der Waals surface area contributed by atoms with Crippen molar-refractivity contribution in [3.63, 3.8) is 0 Å². The number of nitrogens with one attached hydrogen (secondary N) is 1. The maximum atomic E-state index is 6.15. The molecule has 4 heteroatoms. The molecule has 0 bridgehead atoms. The van der Waals surface area contributed by atoms with Crippen LogP contribution in [0.3, 0.4) is 0 Å². The van der Waals surface area contributed by atoms with E-state index in [1.165, 1.54) is 24.1 Å². The molecule has 0 spiro atoms. The zero-order chi connectivity index (χ0) is 12.3. The Hall–Kier alpha value is -0.0900. The van der Waals surface area contributed by atoms with Crippen LogP contribution in [-0.2, 0) is 11.2 Å². The fraction of sp³-hybridized carbons (Fsp3) is 0.692. The van der Waals surface area contributed by atoms with Gasteiger partial charge in [-0.25, -0.2) is 0 Å². The Kier molecular flexibility index (Phi) is 4.47. The molecule has 1 fully saturated rings. The highest BCUT2D eigenvalue weighted by Crippen LogP contribution is 2.39. The summed E-state index contributed by atoms with van der Waals surface area (Å²) in [4.78, 5) is 1.27. The normalized spacial score (nSPS) is 19.9. The fourth-order valence-electron chi connectivity index (χ4n) is 2.48. The molecular weight excluding hydrogens is 254 g/mol. The molecular formula is C13H20ClNOS. The largest absolute Gasteiger partial charge is 0.378 e. The van der Waals surface area contributed by atoms with Crippen LogP contribution in [0.2, 0.25) is 5.02 Å². The van der Waals surface area contributed by atoms with Crippen LogP contribution in [0.4, 0.5) is 0 Å². The Labute approximate surface area is 112 Å². The van der Waals surface area contributed by atoms with Crippen molar-refractivity contribution in [1.82, 2.24) is 5.32 Å². The molecule has 1 saturated carbocycles. The topological polar surface area (TPSA) is 21.3 Å². The molecule has 0 amide bonds. The summed E-state index contributed by atoms with van der Waals surface area (Å²) < 4.78 is 5.69. The third-order valence-electron chi connectivity index (χ3n) is 3.85. The molecule has 1 N–H and O–H groups in total. The van der Waals surface area contributed by atoms with E-state index in [1.54, 1.807) is 11.3 Å². The van der Waals surface area contributed by atoms with Crippen molar-refractivity contribution < 1.29 is 4.74 Å². The minimum Gasteiger partial charge on any atom is -0.378 e.